The number of nitrogens with zero attached hydrogens (tertiary/aromatic N) is 1. The molecule has 2 aromatic rings. The van der Waals surface area contributed by atoms with Crippen LogP contribution in [0.2, 0.25) is 0 Å². The number of aromatic nitrogens is 1. The second-order valence-electron chi connectivity index (χ2n) is 3.68. The lowest BCUT2D eigenvalue weighted by molar-refractivity contribution is -0.365. The first-order valence-electron chi connectivity index (χ1n) is 5.50. The Labute approximate surface area is 103 Å². The number of halogens is 1. The van der Waals surface area contributed by atoms with Crippen LogP contribution in [-0.2, 0) is 6.54 Å². The van der Waals surface area contributed by atoms with Crippen LogP contribution in [0.4, 0.5) is 4.39 Å². The van der Waals surface area contributed by atoms with Gasteiger partial charge in [-0.1, -0.05) is 0 Å². The summed E-state index contributed by atoms with van der Waals surface area (Å²) in [5, 5.41) is 6.20. The predicted molar refractivity (Wildman–Crippen MR) is 67.0 cm³/mol. The van der Waals surface area contributed by atoms with Gasteiger partial charge in [-0.15, -0.1) is 11.3 Å². The van der Waals surface area contributed by atoms with Gasteiger partial charge in [-0.2, -0.15) is 0 Å². The Hall–Kier alpha value is -1.30. The zero-order valence-electron chi connectivity index (χ0n) is 9.45. The molecule has 0 spiro atoms. The molecular formula is C12H15FN3S+. The van der Waals surface area contributed by atoms with E-state index in [1.54, 1.807) is 23.5 Å². The first-order chi connectivity index (χ1) is 8.29. The number of hydrogen-bond acceptors (Lipinski definition) is 3. The molecule has 17 heavy (non-hydrogen) atoms. The van der Waals surface area contributed by atoms with Gasteiger partial charge in [0.15, 0.2) is 0 Å². The molecule has 0 unspecified atom stereocenters. The summed E-state index contributed by atoms with van der Waals surface area (Å²) in [5.41, 5.74) is 5.74. The normalized spacial score (nSPS) is 10.7. The zero-order valence-corrected chi connectivity index (χ0v) is 10.3. The van der Waals surface area contributed by atoms with Crippen molar-refractivity contribution < 1.29 is 10.1 Å². The fourth-order valence-corrected chi connectivity index (χ4v) is 2.28. The van der Waals surface area contributed by atoms with Crippen molar-refractivity contribution in [3.63, 3.8) is 0 Å². The van der Waals surface area contributed by atoms with Crippen LogP contribution < -0.4 is 11.1 Å². The van der Waals surface area contributed by atoms with Gasteiger partial charge in [-0.05, 0) is 24.3 Å². The molecule has 0 bridgehead atoms. The fraction of sp³-hybridized carbons (Fsp3) is 0.250. The van der Waals surface area contributed by atoms with Gasteiger partial charge in [0.1, 0.15) is 10.8 Å². The number of hydrogen-bond donors (Lipinski definition) is 2. The third-order valence-electron chi connectivity index (χ3n) is 2.30. The minimum absolute atomic E-state index is 0.220. The Bertz CT molecular complexity index is 467. The molecule has 0 fully saturated rings. The van der Waals surface area contributed by atoms with Crippen LogP contribution in [0, 0.1) is 5.82 Å². The largest absolute Gasteiger partial charge is 0.357 e. The summed E-state index contributed by atoms with van der Waals surface area (Å²) in [6, 6.07) is 6.41. The van der Waals surface area contributed by atoms with Crippen molar-refractivity contribution in [2.75, 3.05) is 13.1 Å². The van der Waals surface area contributed by atoms with E-state index in [2.05, 4.69) is 16.0 Å². The molecule has 1 heterocycles. The number of quaternary nitrogens is 1. The van der Waals surface area contributed by atoms with E-state index in [9.17, 15) is 4.39 Å². The van der Waals surface area contributed by atoms with Crippen molar-refractivity contribution in [1.82, 2.24) is 10.3 Å². The highest BCUT2D eigenvalue weighted by Crippen LogP contribution is 2.23. The highest BCUT2D eigenvalue weighted by molar-refractivity contribution is 7.13. The van der Waals surface area contributed by atoms with Gasteiger partial charge >= 0.3 is 0 Å². The Kier molecular flexibility index (Phi) is 4.19. The maximum absolute atomic E-state index is 12.8. The SMILES string of the molecule is [NH3+]CCNCc1csc(-c2ccc(F)cc2)n1. The van der Waals surface area contributed by atoms with E-state index in [0.717, 1.165) is 35.9 Å². The Balaban J connectivity index is 2.04. The molecule has 0 aliphatic rings. The summed E-state index contributed by atoms with van der Waals surface area (Å²) in [6.07, 6.45) is 0. The van der Waals surface area contributed by atoms with Gasteiger partial charge in [0.25, 0.3) is 0 Å². The van der Waals surface area contributed by atoms with E-state index in [0.29, 0.717) is 0 Å². The summed E-state index contributed by atoms with van der Waals surface area (Å²) < 4.78 is 12.8. The van der Waals surface area contributed by atoms with Gasteiger partial charge in [0.05, 0.1) is 12.2 Å². The second kappa shape index (κ2) is 5.86. The lowest BCUT2D eigenvalue weighted by atomic mass is 10.2. The van der Waals surface area contributed by atoms with Crippen molar-refractivity contribution in [3.8, 4) is 10.6 Å². The van der Waals surface area contributed by atoms with Gasteiger partial charge < -0.3 is 11.1 Å². The molecule has 3 nitrogen and oxygen atoms in total. The summed E-state index contributed by atoms with van der Waals surface area (Å²) in [7, 11) is 0. The molecular weight excluding hydrogens is 237 g/mol. The summed E-state index contributed by atoms with van der Waals surface area (Å²) in [4.78, 5) is 4.50. The van der Waals surface area contributed by atoms with Crippen molar-refractivity contribution in [2.24, 2.45) is 0 Å². The van der Waals surface area contributed by atoms with E-state index in [4.69, 9.17) is 0 Å². The minimum Gasteiger partial charge on any atom is -0.357 e. The third-order valence-corrected chi connectivity index (χ3v) is 3.24. The molecule has 1 aromatic carbocycles. The van der Waals surface area contributed by atoms with E-state index >= 15 is 0 Å². The molecule has 1 aromatic heterocycles. The first kappa shape index (κ1) is 12.2. The standard InChI is InChI=1S/C12H14FN3S/c13-10-3-1-9(2-4-10)12-16-11(8-17-12)7-15-6-5-14/h1-4,8,15H,5-7,14H2/p+1. The molecule has 0 amide bonds. The highest BCUT2D eigenvalue weighted by atomic mass is 32.1. The molecule has 90 valence electrons. The highest BCUT2D eigenvalue weighted by Gasteiger charge is 2.04. The van der Waals surface area contributed by atoms with Gasteiger partial charge in [-0.3, -0.25) is 0 Å². The average molecular weight is 252 g/mol. The molecule has 0 aliphatic heterocycles. The molecule has 0 atom stereocenters. The van der Waals surface area contributed by atoms with Crippen LogP contribution in [0.5, 0.6) is 0 Å². The third kappa shape index (κ3) is 3.33. The number of rotatable bonds is 5. The quantitative estimate of drug-likeness (QED) is 0.788. The second-order valence-corrected chi connectivity index (χ2v) is 4.54. The minimum atomic E-state index is -0.220. The van der Waals surface area contributed by atoms with Crippen molar-refractivity contribution in [3.05, 3.63) is 41.2 Å². The molecule has 0 saturated carbocycles. The van der Waals surface area contributed by atoms with Gasteiger partial charge in [0.2, 0.25) is 0 Å². The van der Waals surface area contributed by atoms with E-state index in [1.165, 1.54) is 12.1 Å². The maximum atomic E-state index is 12.8. The fourth-order valence-electron chi connectivity index (χ4n) is 1.45. The summed E-state index contributed by atoms with van der Waals surface area (Å²) >= 11 is 1.58. The molecule has 0 aliphatic carbocycles. The van der Waals surface area contributed by atoms with Crippen LogP contribution in [0.15, 0.2) is 29.6 Å². The summed E-state index contributed by atoms with van der Waals surface area (Å²) in [6.45, 7) is 2.52. The lowest BCUT2D eigenvalue weighted by Gasteiger charge is -1.98. The predicted octanol–water partition coefficient (Wildman–Crippen LogP) is 1.28. The molecule has 0 radical (unpaired) electrons. The van der Waals surface area contributed by atoms with Gasteiger partial charge in [0, 0.05) is 24.0 Å². The Morgan fingerprint density at radius 3 is 2.76 bits per heavy atom. The number of nitrogens with one attached hydrogen (secondary N) is 1. The van der Waals surface area contributed by atoms with E-state index < -0.39 is 0 Å². The molecule has 0 saturated heterocycles. The Morgan fingerprint density at radius 1 is 1.29 bits per heavy atom. The van der Waals surface area contributed by atoms with Crippen LogP contribution in [0.1, 0.15) is 5.69 Å². The van der Waals surface area contributed by atoms with Crippen LogP contribution >= 0.6 is 11.3 Å². The van der Waals surface area contributed by atoms with Crippen molar-refractivity contribution >= 4 is 11.3 Å². The molecule has 2 rings (SSSR count). The number of thiazole rings is 1. The smallest absolute Gasteiger partial charge is 0.123 e. The Morgan fingerprint density at radius 2 is 2.06 bits per heavy atom. The lowest BCUT2D eigenvalue weighted by Crippen LogP contribution is -2.54. The van der Waals surface area contributed by atoms with E-state index in [-0.39, 0.29) is 5.82 Å². The van der Waals surface area contributed by atoms with Gasteiger partial charge in [-0.25, -0.2) is 9.37 Å². The number of benzene rings is 1. The van der Waals surface area contributed by atoms with Crippen molar-refractivity contribution in [1.29, 1.82) is 0 Å². The molecule has 4 N–H and O–H groups in total. The topological polar surface area (TPSA) is 52.6 Å². The van der Waals surface area contributed by atoms with Crippen LogP contribution in [-0.4, -0.2) is 18.1 Å². The average Bonchev–Trinajstić information content (AvgIpc) is 2.79. The van der Waals surface area contributed by atoms with Crippen LogP contribution in [0.25, 0.3) is 10.6 Å². The monoisotopic (exact) mass is 252 g/mol. The van der Waals surface area contributed by atoms with Crippen molar-refractivity contribution in [2.45, 2.75) is 6.54 Å². The molecule has 5 heteroatoms. The summed E-state index contributed by atoms with van der Waals surface area (Å²) in [5.74, 6) is -0.220. The van der Waals surface area contributed by atoms with E-state index in [1.807, 2.05) is 5.38 Å². The first-order valence-corrected chi connectivity index (χ1v) is 6.38. The van der Waals surface area contributed by atoms with Crippen LogP contribution in [0.3, 0.4) is 0 Å². The zero-order chi connectivity index (χ0) is 12.1. The maximum Gasteiger partial charge on any atom is 0.123 e.